The zero-order valence-electron chi connectivity index (χ0n) is 13.8. The second kappa shape index (κ2) is 7.41. The Balaban J connectivity index is 1.71. The van der Waals surface area contributed by atoms with Gasteiger partial charge in [-0.3, -0.25) is 14.5 Å². The lowest BCUT2D eigenvalue weighted by Gasteiger charge is -2.29. The Morgan fingerprint density at radius 1 is 1.27 bits per heavy atom. The molecule has 0 bridgehead atoms. The predicted octanol–water partition coefficient (Wildman–Crippen LogP) is 3.33. The van der Waals surface area contributed by atoms with E-state index in [-0.39, 0.29) is 19.1 Å². The summed E-state index contributed by atoms with van der Waals surface area (Å²) in [5.41, 5.74) is 0.926. The fourth-order valence-corrected chi connectivity index (χ4v) is 2.99. The number of ether oxygens (including phenoxy) is 1. The summed E-state index contributed by atoms with van der Waals surface area (Å²) in [5, 5.41) is 2.68. The van der Waals surface area contributed by atoms with Gasteiger partial charge >= 0.3 is 0 Å². The van der Waals surface area contributed by atoms with Crippen LogP contribution < -0.4 is 15.0 Å². The van der Waals surface area contributed by atoms with Crippen LogP contribution in [-0.2, 0) is 9.59 Å². The summed E-state index contributed by atoms with van der Waals surface area (Å²) in [6.07, 6.45) is 0. The summed E-state index contributed by atoms with van der Waals surface area (Å²) in [4.78, 5) is 25.8. The van der Waals surface area contributed by atoms with Crippen LogP contribution in [0.15, 0.2) is 40.9 Å². The highest BCUT2D eigenvalue weighted by Crippen LogP contribution is 2.34. The molecule has 0 saturated heterocycles. The number of hydrogen-bond acceptors (Lipinski definition) is 3. The predicted molar refractivity (Wildman–Crippen MR) is 94.9 cm³/mol. The van der Waals surface area contributed by atoms with Gasteiger partial charge in [0.2, 0.25) is 5.91 Å². The second-order valence-corrected chi connectivity index (χ2v) is 6.76. The van der Waals surface area contributed by atoms with Gasteiger partial charge in [-0.15, -0.1) is 0 Å². The number of nitrogens with one attached hydrogen (secondary N) is 1. The molecule has 0 aromatic heterocycles. The van der Waals surface area contributed by atoms with Crippen LogP contribution in [0.5, 0.6) is 5.75 Å². The minimum Gasteiger partial charge on any atom is -0.482 e. The zero-order valence-corrected chi connectivity index (χ0v) is 15.3. The maximum absolute atomic E-state index is 13.3. The van der Waals surface area contributed by atoms with Crippen molar-refractivity contribution in [3.63, 3.8) is 0 Å². The van der Waals surface area contributed by atoms with E-state index in [0.717, 1.165) is 16.6 Å². The Hall–Kier alpha value is -2.48. The molecule has 0 saturated carbocycles. The summed E-state index contributed by atoms with van der Waals surface area (Å²) < 4.78 is 32.5. The third kappa shape index (κ3) is 3.85. The summed E-state index contributed by atoms with van der Waals surface area (Å²) in [6.45, 7) is 1.29. The van der Waals surface area contributed by atoms with Crippen LogP contribution in [0, 0.1) is 11.6 Å². The lowest BCUT2D eigenvalue weighted by Crippen LogP contribution is -2.45. The monoisotopic (exact) mass is 424 g/mol. The van der Waals surface area contributed by atoms with Gasteiger partial charge in [-0.2, -0.15) is 0 Å². The maximum Gasteiger partial charge on any atom is 0.265 e. The number of hydrogen-bond donors (Lipinski definition) is 1. The van der Waals surface area contributed by atoms with Crippen LogP contribution >= 0.6 is 15.9 Å². The van der Waals surface area contributed by atoms with Gasteiger partial charge in [-0.1, -0.05) is 22.0 Å². The maximum atomic E-state index is 13.3. The number of carbonyl (C=O) groups is 2. The fraction of sp³-hybridized carbons (Fsp3) is 0.222. The minimum atomic E-state index is -0.980. The fourth-order valence-electron chi connectivity index (χ4n) is 2.65. The van der Waals surface area contributed by atoms with E-state index >= 15 is 0 Å². The van der Waals surface area contributed by atoms with Crippen molar-refractivity contribution < 1.29 is 23.1 Å². The molecule has 26 heavy (non-hydrogen) atoms. The topological polar surface area (TPSA) is 58.6 Å². The number of amides is 2. The van der Waals surface area contributed by atoms with Crippen LogP contribution in [0.4, 0.5) is 14.5 Å². The van der Waals surface area contributed by atoms with Gasteiger partial charge in [0.05, 0.1) is 11.7 Å². The van der Waals surface area contributed by atoms with Gasteiger partial charge in [0.1, 0.15) is 12.3 Å². The average Bonchev–Trinajstić information content (AvgIpc) is 2.59. The first kappa shape index (κ1) is 18.3. The standard InChI is InChI=1S/C18H15BrF2N2O3/c1-10(11-2-4-13(20)14(21)6-11)22-17(24)8-23-15-5-3-12(19)7-16(15)26-9-18(23)25/h2-7,10H,8-9H2,1H3,(H,22,24). The molecule has 2 aromatic carbocycles. The number of fused-ring (bicyclic) bond motifs is 1. The van der Waals surface area contributed by atoms with Gasteiger partial charge in [0.25, 0.3) is 5.91 Å². The smallest absolute Gasteiger partial charge is 0.265 e. The first-order valence-electron chi connectivity index (χ1n) is 7.82. The molecule has 1 aliphatic heterocycles. The van der Waals surface area contributed by atoms with E-state index in [4.69, 9.17) is 4.74 Å². The van der Waals surface area contributed by atoms with E-state index in [1.807, 2.05) is 0 Å². The van der Waals surface area contributed by atoms with Gasteiger partial charge in [0.15, 0.2) is 18.2 Å². The molecule has 3 rings (SSSR count). The van der Waals surface area contributed by atoms with Crippen molar-refractivity contribution in [2.75, 3.05) is 18.1 Å². The molecule has 2 amide bonds. The Kier molecular flexibility index (Phi) is 5.22. The number of rotatable bonds is 4. The van der Waals surface area contributed by atoms with E-state index < -0.39 is 23.6 Å². The molecule has 8 heteroatoms. The van der Waals surface area contributed by atoms with E-state index in [0.29, 0.717) is 17.0 Å². The van der Waals surface area contributed by atoms with Crippen molar-refractivity contribution in [3.05, 3.63) is 58.1 Å². The lowest BCUT2D eigenvalue weighted by molar-refractivity contribution is -0.125. The largest absolute Gasteiger partial charge is 0.482 e. The minimum absolute atomic E-state index is 0.157. The summed E-state index contributed by atoms with van der Waals surface area (Å²) in [6, 6.07) is 8.04. The Morgan fingerprint density at radius 2 is 2.04 bits per heavy atom. The molecule has 1 N–H and O–H groups in total. The first-order chi connectivity index (χ1) is 12.3. The van der Waals surface area contributed by atoms with Crippen molar-refractivity contribution in [3.8, 4) is 5.75 Å². The molecular weight excluding hydrogens is 410 g/mol. The number of anilines is 1. The number of carbonyl (C=O) groups excluding carboxylic acids is 2. The summed E-state index contributed by atoms with van der Waals surface area (Å²) in [5.74, 6) is -2.19. The Bertz CT molecular complexity index is 876. The third-order valence-corrected chi connectivity index (χ3v) is 4.48. The number of nitrogens with zero attached hydrogens (tertiary/aromatic N) is 1. The molecule has 0 fully saturated rings. The molecule has 1 unspecified atom stereocenters. The highest BCUT2D eigenvalue weighted by Gasteiger charge is 2.27. The van der Waals surface area contributed by atoms with Crippen LogP contribution in [0.1, 0.15) is 18.5 Å². The number of halogens is 3. The normalized spacial score (nSPS) is 14.5. The van der Waals surface area contributed by atoms with Crippen LogP contribution in [-0.4, -0.2) is 25.0 Å². The van der Waals surface area contributed by atoms with E-state index in [1.165, 1.54) is 11.0 Å². The van der Waals surface area contributed by atoms with E-state index in [1.54, 1.807) is 25.1 Å². The molecule has 1 atom stereocenters. The molecule has 2 aromatic rings. The van der Waals surface area contributed by atoms with Crippen LogP contribution in [0.3, 0.4) is 0 Å². The molecule has 0 spiro atoms. The molecule has 1 heterocycles. The summed E-state index contributed by atoms with van der Waals surface area (Å²) in [7, 11) is 0. The lowest BCUT2D eigenvalue weighted by atomic mass is 10.1. The van der Waals surface area contributed by atoms with Gasteiger partial charge in [-0.05, 0) is 42.8 Å². The van der Waals surface area contributed by atoms with E-state index in [2.05, 4.69) is 21.2 Å². The molecule has 5 nitrogen and oxygen atoms in total. The van der Waals surface area contributed by atoms with Crippen molar-refractivity contribution in [1.82, 2.24) is 5.32 Å². The van der Waals surface area contributed by atoms with E-state index in [9.17, 15) is 18.4 Å². The molecule has 136 valence electrons. The quantitative estimate of drug-likeness (QED) is 0.818. The average molecular weight is 425 g/mol. The van der Waals surface area contributed by atoms with Gasteiger partial charge in [-0.25, -0.2) is 8.78 Å². The molecule has 0 radical (unpaired) electrons. The van der Waals surface area contributed by atoms with Gasteiger partial charge < -0.3 is 10.1 Å². The highest BCUT2D eigenvalue weighted by atomic mass is 79.9. The number of benzene rings is 2. The van der Waals surface area contributed by atoms with Crippen LogP contribution in [0.2, 0.25) is 0 Å². The van der Waals surface area contributed by atoms with Crippen molar-refractivity contribution in [2.45, 2.75) is 13.0 Å². The van der Waals surface area contributed by atoms with Crippen molar-refractivity contribution >= 4 is 33.4 Å². The first-order valence-corrected chi connectivity index (χ1v) is 8.61. The third-order valence-electron chi connectivity index (χ3n) is 3.99. The zero-order chi connectivity index (χ0) is 18.8. The van der Waals surface area contributed by atoms with Crippen LogP contribution in [0.25, 0.3) is 0 Å². The highest BCUT2D eigenvalue weighted by molar-refractivity contribution is 9.10. The molecule has 1 aliphatic rings. The van der Waals surface area contributed by atoms with Gasteiger partial charge in [0, 0.05) is 4.47 Å². The van der Waals surface area contributed by atoms with Crippen molar-refractivity contribution in [2.24, 2.45) is 0 Å². The Labute approximate surface area is 157 Å². The van der Waals surface area contributed by atoms with Crippen molar-refractivity contribution in [1.29, 1.82) is 0 Å². The molecule has 0 aliphatic carbocycles. The summed E-state index contributed by atoms with van der Waals surface area (Å²) >= 11 is 3.33. The SMILES string of the molecule is CC(NC(=O)CN1C(=O)COc2cc(Br)ccc21)c1ccc(F)c(F)c1. The second-order valence-electron chi connectivity index (χ2n) is 5.84. The molecular formula is C18H15BrF2N2O3. The Morgan fingerprint density at radius 3 is 2.77 bits per heavy atom.